The van der Waals surface area contributed by atoms with Gasteiger partial charge < -0.3 is 0 Å². The van der Waals surface area contributed by atoms with E-state index in [1.165, 1.54) is 11.8 Å². The summed E-state index contributed by atoms with van der Waals surface area (Å²) in [5.74, 6) is 0. The lowest BCUT2D eigenvalue weighted by Gasteiger charge is -1.97. The standard InChI is InChI=1S/C7H10N6S/c1-4-6(5(2)9-8-4)14-7-10-11-12-13(7)3/h1-3H3,(H,8,9). The van der Waals surface area contributed by atoms with Crippen LogP contribution < -0.4 is 0 Å². The number of aromatic amines is 1. The highest BCUT2D eigenvalue weighted by Gasteiger charge is 2.11. The summed E-state index contributed by atoms with van der Waals surface area (Å²) < 4.78 is 1.64. The Kier molecular flexibility index (Phi) is 2.24. The number of rotatable bonds is 2. The van der Waals surface area contributed by atoms with Crippen LogP contribution in [0.25, 0.3) is 0 Å². The Bertz CT molecular complexity index is 425. The van der Waals surface area contributed by atoms with Gasteiger partial charge in [-0.05, 0) is 36.0 Å². The molecule has 2 heterocycles. The number of H-pyrrole nitrogens is 1. The minimum Gasteiger partial charge on any atom is -0.281 e. The van der Waals surface area contributed by atoms with Crippen LogP contribution in [0.1, 0.15) is 11.4 Å². The first-order valence-corrected chi connectivity index (χ1v) is 4.92. The van der Waals surface area contributed by atoms with Gasteiger partial charge in [-0.25, -0.2) is 4.68 Å². The van der Waals surface area contributed by atoms with Crippen molar-refractivity contribution in [2.75, 3.05) is 0 Å². The van der Waals surface area contributed by atoms with Gasteiger partial charge in [0.2, 0.25) is 5.16 Å². The van der Waals surface area contributed by atoms with Gasteiger partial charge in [0, 0.05) is 12.7 Å². The van der Waals surface area contributed by atoms with E-state index in [1.807, 2.05) is 20.9 Å². The molecule has 0 saturated carbocycles. The maximum Gasteiger partial charge on any atom is 0.213 e. The third-order valence-corrected chi connectivity index (χ3v) is 3.17. The van der Waals surface area contributed by atoms with Crippen molar-refractivity contribution in [3.8, 4) is 0 Å². The molecule has 0 amide bonds. The van der Waals surface area contributed by atoms with Crippen LogP contribution in [0.5, 0.6) is 0 Å². The molecule has 2 aromatic rings. The first-order chi connectivity index (χ1) is 6.68. The van der Waals surface area contributed by atoms with Gasteiger partial charge in [-0.15, -0.1) is 5.10 Å². The van der Waals surface area contributed by atoms with Crippen LogP contribution in [0.4, 0.5) is 0 Å². The smallest absolute Gasteiger partial charge is 0.213 e. The second kappa shape index (κ2) is 3.41. The fourth-order valence-electron chi connectivity index (χ4n) is 1.09. The molecule has 0 atom stereocenters. The molecule has 0 radical (unpaired) electrons. The van der Waals surface area contributed by atoms with Crippen molar-refractivity contribution in [2.24, 2.45) is 7.05 Å². The molecule has 0 aromatic carbocycles. The van der Waals surface area contributed by atoms with E-state index in [0.717, 1.165) is 21.4 Å². The second-order valence-corrected chi connectivity index (χ2v) is 3.93. The molecular formula is C7H10N6S. The first kappa shape index (κ1) is 9.20. The summed E-state index contributed by atoms with van der Waals surface area (Å²) in [5.41, 5.74) is 2.01. The Morgan fingerprint density at radius 2 is 2.14 bits per heavy atom. The molecule has 0 bridgehead atoms. The molecule has 2 aromatic heterocycles. The molecule has 0 unspecified atom stereocenters. The van der Waals surface area contributed by atoms with E-state index in [0.29, 0.717) is 0 Å². The third-order valence-electron chi connectivity index (χ3n) is 1.84. The Morgan fingerprint density at radius 3 is 2.64 bits per heavy atom. The molecule has 0 aliphatic heterocycles. The quantitative estimate of drug-likeness (QED) is 0.790. The van der Waals surface area contributed by atoms with Crippen LogP contribution in [0, 0.1) is 13.8 Å². The topological polar surface area (TPSA) is 72.3 Å². The third kappa shape index (κ3) is 1.50. The maximum atomic E-state index is 4.10. The molecule has 6 nitrogen and oxygen atoms in total. The second-order valence-electron chi connectivity index (χ2n) is 2.95. The zero-order valence-corrected chi connectivity index (χ0v) is 8.96. The normalized spacial score (nSPS) is 10.8. The monoisotopic (exact) mass is 210 g/mol. The molecule has 14 heavy (non-hydrogen) atoms. The SMILES string of the molecule is Cc1n[nH]c(C)c1Sc1nnnn1C. The lowest BCUT2D eigenvalue weighted by atomic mass is 10.4. The van der Waals surface area contributed by atoms with Crippen LogP contribution in [-0.2, 0) is 7.05 Å². The van der Waals surface area contributed by atoms with Gasteiger partial charge in [0.25, 0.3) is 0 Å². The zero-order valence-electron chi connectivity index (χ0n) is 8.14. The lowest BCUT2D eigenvalue weighted by molar-refractivity contribution is 0.664. The number of hydrogen-bond donors (Lipinski definition) is 1. The molecular weight excluding hydrogens is 200 g/mol. The summed E-state index contributed by atoms with van der Waals surface area (Å²) in [5, 5.41) is 19.0. The molecule has 74 valence electrons. The lowest BCUT2D eigenvalue weighted by Crippen LogP contribution is -1.93. The van der Waals surface area contributed by atoms with Gasteiger partial charge in [-0.2, -0.15) is 5.10 Å². The molecule has 1 N–H and O–H groups in total. The van der Waals surface area contributed by atoms with E-state index in [9.17, 15) is 0 Å². The molecule has 0 saturated heterocycles. The Morgan fingerprint density at radius 1 is 1.36 bits per heavy atom. The van der Waals surface area contributed by atoms with Crippen molar-refractivity contribution in [1.82, 2.24) is 30.4 Å². The summed E-state index contributed by atoms with van der Waals surface area (Å²) in [6.45, 7) is 3.93. The average molecular weight is 210 g/mol. The van der Waals surface area contributed by atoms with Gasteiger partial charge in [0.05, 0.1) is 10.6 Å². The Balaban J connectivity index is 2.31. The summed E-state index contributed by atoms with van der Waals surface area (Å²) in [7, 11) is 1.81. The van der Waals surface area contributed by atoms with Crippen molar-refractivity contribution in [1.29, 1.82) is 0 Å². The van der Waals surface area contributed by atoms with Gasteiger partial charge in [-0.3, -0.25) is 5.10 Å². The van der Waals surface area contributed by atoms with Gasteiger partial charge in [-0.1, -0.05) is 0 Å². The number of aryl methyl sites for hydroxylation is 3. The number of nitrogens with one attached hydrogen (secondary N) is 1. The van der Waals surface area contributed by atoms with Crippen molar-refractivity contribution in [3.63, 3.8) is 0 Å². The first-order valence-electron chi connectivity index (χ1n) is 4.10. The number of hydrogen-bond acceptors (Lipinski definition) is 5. The molecule has 0 spiro atoms. The largest absolute Gasteiger partial charge is 0.281 e. The predicted octanol–water partition coefficient (Wildman–Crippen LogP) is 0.701. The fraction of sp³-hybridized carbons (Fsp3) is 0.429. The minimum absolute atomic E-state index is 0.762. The van der Waals surface area contributed by atoms with Crippen molar-refractivity contribution in [2.45, 2.75) is 23.9 Å². The summed E-state index contributed by atoms with van der Waals surface area (Å²) >= 11 is 1.51. The number of tetrazole rings is 1. The van der Waals surface area contributed by atoms with Crippen LogP contribution in [0.2, 0.25) is 0 Å². The van der Waals surface area contributed by atoms with E-state index in [-0.39, 0.29) is 0 Å². The van der Waals surface area contributed by atoms with E-state index in [1.54, 1.807) is 4.68 Å². The highest BCUT2D eigenvalue weighted by atomic mass is 32.2. The average Bonchev–Trinajstić information content (AvgIpc) is 2.67. The van der Waals surface area contributed by atoms with Gasteiger partial charge >= 0.3 is 0 Å². The highest BCUT2D eigenvalue weighted by Crippen LogP contribution is 2.29. The van der Waals surface area contributed by atoms with E-state index in [2.05, 4.69) is 25.7 Å². The minimum atomic E-state index is 0.762. The van der Waals surface area contributed by atoms with Crippen molar-refractivity contribution >= 4 is 11.8 Å². The zero-order chi connectivity index (χ0) is 10.1. The van der Waals surface area contributed by atoms with Crippen LogP contribution in [-0.4, -0.2) is 30.4 Å². The molecule has 2 rings (SSSR count). The summed E-state index contributed by atoms with van der Waals surface area (Å²) in [6.07, 6.45) is 0. The Labute approximate surface area is 85.1 Å². The van der Waals surface area contributed by atoms with Crippen molar-refractivity contribution in [3.05, 3.63) is 11.4 Å². The van der Waals surface area contributed by atoms with Crippen LogP contribution in [0.3, 0.4) is 0 Å². The maximum absolute atomic E-state index is 4.10. The van der Waals surface area contributed by atoms with Crippen LogP contribution >= 0.6 is 11.8 Å². The van der Waals surface area contributed by atoms with Crippen molar-refractivity contribution < 1.29 is 0 Å². The molecule has 7 heteroatoms. The summed E-state index contributed by atoms with van der Waals surface area (Å²) in [4.78, 5) is 1.09. The summed E-state index contributed by atoms with van der Waals surface area (Å²) in [6, 6.07) is 0. The van der Waals surface area contributed by atoms with Crippen LogP contribution in [0.15, 0.2) is 10.1 Å². The van der Waals surface area contributed by atoms with Gasteiger partial charge in [0.15, 0.2) is 0 Å². The molecule has 0 aliphatic rings. The predicted molar refractivity (Wildman–Crippen MR) is 51.0 cm³/mol. The Hall–Kier alpha value is -1.37. The molecule has 0 aliphatic carbocycles. The van der Waals surface area contributed by atoms with E-state index >= 15 is 0 Å². The number of aromatic nitrogens is 6. The fourth-order valence-corrected chi connectivity index (χ4v) is 1.91. The van der Waals surface area contributed by atoms with Gasteiger partial charge in [0.1, 0.15) is 0 Å². The van der Waals surface area contributed by atoms with E-state index in [4.69, 9.17) is 0 Å². The molecule has 0 fully saturated rings. The van der Waals surface area contributed by atoms with E-state index < -0.39 is 0 Å². The highest BCUT2D eigenvalue weighted by molar-refractivity contribution is 7.99. The number of nitrogens with zero attached hydrogens (tertiary/aromatic N) is 5.